The highest BCUT2D eigenvalue weighted by molar-refractivity contribution is 8.00. The second kappa shape index (κ2) is 7.66. The number of furan rings is 1. The molecule has 0 aliphatic rings. The first kappa shape index (κ1) is 18.1. The van der Waals surface area contributed by atoms with E-state index in [4.69, 9.17) is 4.42 Å². The fourth-order valence-electron chi connectivity index (χ4n) is 2.62. The van der Waals surface area contributed by atoms with Crippen molar-refractivity contribution in [2.45, 2.75) is 25.7 Å². The third kappa shape index (κ3) is 3.91. The molecule has 0 saturated carbocycles. The largest absolute Gasteiger partial charge is 0.451 e. The van der Waals surface area contributed by atoms with Crippen LogP contribution in [0, 0.1) is 20.8 Å². The van der Waals surface area contributed by atoms with Crippen molar-refractivity contribution < 1.29 is 14.0 Å². The van der Waals surface area contributed by atoms with Crippen molar-refractivity contribution in [3.63, 3.8) is 0 Å². The van der Waals surface area contributed by atoms with Crippen LogP contribution >= 0.6 is 11.8 Å². The number of aryl methyl sites for hydroxylation is 3. The zero-order valence-corrected chi connectivity index (χ0v) is 15.7. The Hall–Kier alpha value is -2.73. The quantitative estimate of drug-likeness (QED) is 0.541. The molecule has 3 rings (SSSR count). The smallest absolute Gasteiger partial charge is 0.305 e. The van der Waals surface area contributed by atoms with Crippen molar-refractivity contribution in [1.82, 2.24) is 10.9 Å². The highest BCUT2D eigenvalue weighted by atomic mass is 32.2. The van der Waals surface area contributed by atoms with Crippen molar-refractivity contribution in [1.29, 1.82) is 0 Å². The number of hydrazine groups is 1. The van der Waals surface area contributed by atoms with Crippen LogP contribution in [0.15, 0.2) is 51.8 Å². The first-order chi connectivity index (χ1) is 12.5. The van der Waals surface area contributed by atoms with Crippen molar-refractivity contribution in [2.75, 3.05) is 5.75 Å². The second-order valence-corrected chi connectivity index (χ2v) is 7.13. The number of carbonyl (C=O) groups excluding carboxylic acids is 2. The Morgan fingerprint density at radius 1 is 1.04 bits per heavy atom. The van der Waals surface area contributed by atoms with Crippen LogP contribution in [-0.4, -0.2) is 17.6 Å². The molecule has 2 aromatic carbocycles. The Balaban J connectivity index is 1.57. The van der Waals surface area contributed by atoms with Crippen LogP contribution in [0.3, 0.4) is 0 Å². The molecule has 3 aromatic rings. The van der Waals surface area contributed by atoms with Crippen LogP contribution in [0.5, 0.6) is 0 Å². The number of para-hydroxylation sites is 1. The third-order valence-electron chi connectivity index (χ3n) is 4.07. The number of hydrogen-bond donors (Lipinski definition) is 2. The lowest BCUT2D eigenvalue weighted by Crippen LogP contribution is -2.42. The van der Waals surface area contributed by atoms with E-state index in [1.165, 1.54) is 11.8 Å². The van der Waals surface area contributed by atoms with Gasteiger partial charge in [0.2, 0.25) is 5.91 Å². The van der Waals surface area contributed by atoms with E-state index in [2.05, 4.69) is 10.9 Å². The van der Waals surface area contributed by atoms with Gasteiger partial charge in [0.05, 0.1) is 5.75 Å². The van der Waals surface area contributed by atoms with Gasteiger partial charge in [-0.25, -0.2) is 0 Å². The van der Waals surface area contributed by atoms with Gasteiger partial charge in [0.1, 0.15) is 5.58 Å². The summed E-state index contributed by atoms with van der Waals surface area (Å²) >= 11 is 1.44. The summed E-state index contributed by atoms with van der Waals surface area (Å²) in [7, 11) is 0. The van der Waals surface area contributed by atoms with Gasteiger partial charge in [0, 0.05) is 15.8 Å². The molecular formula is C20H20N2O3S. The normalized spacial score (nSPS) is 10.7. The molecule has 0 aliphatic carbocycles. The lowest BCUT2D eigenvalue weighted by Gasteiger charge is -2.08. The minimum atomic E-state index is -0.469. The molecule has 0 bridgehead atoms. The van der Waals surface area contributed by atoms with E-state index in [1.807, 2.05) is 57.2 Å². The van der Waals surface area contributed by atoms with Gasteiger partial charge in [0.25, 0.3) is 0 Å². The van der Waals surface area contributed by atoms with Crippen molar-refractivity contribution >= 4 is 34.5 Å². The van der Waals surface area contributed by atoms with E-state index < -0.39 is 5.91 Å². The van der Waals surface area contributed by atoms with Crippen LogP contribution in [-0.2, 0) is 4.79 Å². The van der Waals surface area contributed by atoms with Gasteiger partial charge >= 0.3 is 5.91 Å². The number of benzene rings is 2. The highest BCUT2D eigenvalue weighted by Crippen LogP contribution is 2.25. The number of rotatable bonds is 4. The zero-order valence-electron chi connectivity index (χ0n) is 14.9. The summed E-state index contributed by atoms with van der Waals surface area (Å²) < 4.78 is 5.58. The molecule has 0 unspecified atom stereocenters. The fourth-order valence-corrected chi connectivity index (χ4v) is 3.54. The topological polar surface area (TPSA) is 71.3 Å². The maximum Gasteiger partial charge on any atom is 0.305 e. The standard InChI is InChI=1S/C20H20N2O3S/c1-12-8-9-13(2)17(10-12)26-11-18(23)21-22-20(24)19-14(3)15-6-4-5-7-16(15)25-19/h4-10H,11H2,1-3H3,(H,21,23)(H,22,24). The average molecular weight is 368 g/mol. The molecule has 0 aliphatic heterocycles. The third-order valence-corrected chi connectivity index (χ3v) is 5.23. The van der Waals surface area contributed by atoms with Gasteiger partial charge in [-0.3, -0.25) is 20.4 Å². The SMILES string of the molecule is Cc1ccc(C)c(SCC(=O)NNC(=O)c2oc3ccccc3c2C)c1. The lowest BCUT2D eigenvalue weighted by atomic mass is 10.1. The summed E-state index contributed by atoms with van der Waals surface area (Å²) in [5.41, 5.74) is 8.51. The zero-order chi connectivity index (χ0) is 18.7. The van der Waals surface area contributed by atoms with Gasteiger partial charge < -0.3 is 4.42 Å². The first-order valence-electron chi connectivity index (χ1n) is 8.23. The Labute approximate surface area is 156 Å². The number of hydrogen-bond acceptors (Lipinski definition) is 4. The number of carbonyl (C=O) groups is 2. The highest BCUT2D eigenvalue weighted by Gasteiger charge is 2.17. The lowest BCUT2D eigenvalue weighted by molar-refractivity contribution is -0.119. The van der Waals surface area contributed by atoms with Crippen LogP contribution in [0.2, 0.25) is 0 Å². The molecule has 2 amide bonds. The summed E-state index contributed by atoms with van der Waals surface area (Å²) in [6.07, 6.45) is 0. The van der Waals surface area contributed by atoms with Gasteiger partial charge in [-0.2, -0.15) is 0 Å². The maximum atomic E-state index is 12.3. The molecule has 6 heteroatoms. The van der Waals surface area contributed by atoms with Crippen LogP contribution in [0.4, 0.5) is 0 Å². The Morgan fingerprint density at radius 3 is 2.58 bits per heavy atom. The Kier molecular flexibility index (Phi) is 5.32. The fraction of sp³-hybridized carbons (Fsp3) is 0.200. The molecule has 2 N–H and O–H groups in total. The maximum absolute atomic E-state index is 12.3. The minimum Gasteiger partial charge on any atom is -0.451 e. The second-order valence-electron chi connectivity index (χ2n) is 6.11. The minimum absolute atomic E-state index is 0.202. The van der Waals surface area contributed by atoms with Crippen LogP contribution < -0.4 is 10.9 Å². The van der Waals surface area contributed by atoms with Crippen molar-refractivity contribution in [3.8, 4) is 0 Å². The summed E-state index contributed by atoms with van der Waals surface area (Å²) in [5.74, 6) is -0.334. The summed E-state index contributed by atoms with van der Waals surface area (Å²) in [6.45, 7) is 5.84. The van der Waals surface area contributed by atoms with Gasteiger partial charge in [-0.05, 0) is 38.5 Å². The van der Waals surface area contributed by atoms with Crippen molar-refractivity contribution in [3.05, 3.63) is 64.9 Å². The van der Waals surface area contributed by atoms with E-state index in [0.29, 0.717) is 5.58 Å². The van der Waals surface area contributed by atoms with Crippen LogP contribution in [0.1, 0.15) is 27.2 Å². The summed E-state index contributed by atoms with van der Waals surface area (Å²) in [5, 5.41) is 0.884. The summed E-state index contributed by atoms with van der Waals surface area (Å²) in [6, 6.07) is 13.5. The van der Waals surface area contributed by atoms with E-state index >= 15 is 0 Å². The van der Waals surface area contributed by atoms with Crippen molar-refractivity contribution in [2.24, 2.45) is 0 Å². The predicted octanol–water partition coefficient (Wildman–Crippen LogP) is 3.91. The monoisotopic (exact) mass is 368 g/mol. The van der Waals surface area contributed by atoms with E-state index in [9.17, 15) is 9.59 Å². The van der Waals surface area contributed by atoms with Gasteiger partial charge in [0.15, 0.2) is 5.76 Å². The molecule has 26 heavy (non-hydrogen) atoms. The Bertz CT molecular complexity index is 978. The number of amides is 2. The molecule has 0 spiro atoms. The molecule has 1 heterocycles. The van der Waals surface area contributed by atoms with E-state index in [-0.39, 0.29) is 17.4 Å². The molecule has 134 valence electrons. The number of fused-ring (bicyclic) bond motifs is 1. The molecule has 0 saturated heterocycles. The first-order valence-corrected chi connectivity index (χ1v) is 9.21. The van der Waals surface area contributed by atoms with E-state index in [1.54, 1.807) is 6.07 Å². The molecule has 1 aromatic heterocycles. The number of thioether (sulfide) groups is 1. The molecular weight excluding hydrogens is 348 g/mol. The molecule has 0 atom stereocenters. The number of nitrogens with one attached hydrogen (secondary N) is 2. The van der Waals surface area contributed by atoms with Gasteiger partial charge in [-0.1, -0.05) is 35.9 Å². The summed E-state index contributed by atoms with van der Waals surface area (Å²) in [4.78, 5) is 25.4. The van der Waals surface area contributed by atoms with Gasteiger partial charge in [-0.15, -0.1) is 11.8 Å². The molecule has 0 fully saturated rings. The molecule has 5 nitrogen and oxygen atoms in total. The van der Waals surface area contributed by atoms with Crippen LogP contribution in [0.25, 0.3) is 11.0 Å². The average Bonchev–Trinajstić information content (AvgIpc) is 2.97. The Morgan fingerprint density at radius 2 is 1.81 bits per heavy atom. The predicted molar refractivity (Wildman–Crippen MR) is 103 cm³/mol. The molecule has 0 radical (unpaired) electrons. The van der Waals surface area contributed by atoms with E-state index in [0.717, 1.165) is 27.0 Å².